The molecule has 0 aliphatic carbocycles. The number of nitrogens with one attached hydrogen (secondary N) is 3. The topological polar surface area (TPSA) is 161 Å². The maximum absolute atomic E-state index is 15.6. The first-order chi connectivity index (χ1) is 26.0. The molecule has 5 aromatic rings. The lowest BCUT2D eigenvalue weighted by Crippen LogP contribution is -2.52. The lowest BCUT2D eigenvalue weighted by atomic mass is 9.83. The predicted molar refractivity (Wildman–Crippen MR) is 188 cm³/mol. The zero-order valence-electron chi connectivity index (χ0n) is 28.9. The van der Waals surface area contributed by atoms with E-state index in [9.17, 15) is 23.6 Å². The number of nitrogens with zero attached hydrogens (tertiary/aromatic N) is 7. The number of piperidine rings is 1. The van der Waals surface area contributed by atoms with Crippen LogP contribution < -0.4 is 21.1 Å². The summed E-state index contributed by atoms with van der Waals surface area (Å²) in [7, 11) is 1.74. The first-order valence-electron chi connectivity index (χ1n) is 17.6. The molecule has 0 radical (unpaired) electrons. The second-order valence-electron chi connectivity index (χ2n) is 14.1. The van der Waals surface area contributed by atoms with Gasteiger partial charge in [0, 0.05) is 63.8 Å². The van der Waals surface area contributed by atoms with Gasteiger partial charge in [0.25, 0.3) is 11.5 Å². The molecule has 54 heavy (non-hydrogen) atoms. The Labute approximate surface area is 304 Å². The summed E-state index contributed by atoms with van der Waals surface area (Å²) in [6, 6.07) is 9.03. The molecule has 0 saturated carbocycles. The summed E-state index contributed by atoms with van der Waals surface area (Å²) in [5.41, 5.74) is 2.53. The van der Waals surface area contributed by atoms with Crippen molar-refractivity contribution in [2.45, 2.75) is 43.9 Å². The highest BCUT2D eigenvalue weighted by Crippen LogP contribution is 2.46. The fraction of sp³-hybridized carbons (Fsp3) is 0.324. The molecule has 3 atom stereocenters. The van der Waals surface area contributed by atoms with Gasteiger partial charge in [0.1, 0.15) is 35.6 Å². The third kappa shape index (κ3) is 5.57. The van der Waals surface area contributed by atoms with Gasteiger partial charge in [-0.2, -0.15) is 10.2 Å². The van der Waals surface area contributed by atoms with Crippen molar-refractivity contribution in [2.24, 2.45) is 7.05 Å². The van der Waals surface area contributed by atoms with Gasteiger partial charge in [0.05, 0.1) is 34.3 Å². The minimum atomic E-state index is -0.834. The van der Waals surface area contributed by atoms with Gasteiger partial charge in [-0.15, -0.1) is 0 Å². The van der Waals surface area contributed by atoms with E-state index < -0.39 is 58.7 Å². The van der Waals surface area contributed by atoms with Crippen LogP contribution in [0.2, 0.25) is 0 Å². The van der Waals surface area contributed by atoms with E-state index in [4.69, 9.17) is 0 Å². The van der Waals surface area contributed by atoms with Crippen molar-refractivity contribution >= 4 is 39.9 Å². The Morgan fingerprint density at radius 1 is 0.944 bits per heavy atom. The third-order valence-electron chi connectivity index (χ3n) is 10.9. The minimum Gasteiger partial charge on any atom is -0.376 e. The van der Waals surface area contributed by atoms with Crippen molar-refractivity contribution in [1.82, 2.24) is 40.1 Å². The molecule has 9 rings (SSSR count). The predicted octanol–water partition coefficient (Wildman–Crippen LogP) is 2.85. The molecule has 0 bridgehead atoms. The maximum Gasteiger partial charge on any atom is 0.272 e. The molecule has 6 heterocycles. The highest BCUT2D eigenvalue weighted by Gasteiger charge is 2.41. The van der Waals surface area contributed by atoms with Crippen LogP contribution in [0.4, 0.5) is 24.5 Å². The van der Waals surface area contributed by atoms with Gasteiger partial charge in [-0.3, -0.25) is 34.1 Å². The monoisotopic (exact) mass is 738 g/mol. The smallest absolute Gasteiger partial charge is 0.272 e. The molecule has 3 aromatic carbocycles. The number of benzene rings is 3. The molecule has 2 saturated heterocycles. The molecule has 4 aliphatic heterocycles. The van der Waals surface area contributed by atoms with Crippen molar-refractivity contribution in [3.63, 3.8) is 0 Å². The Balaban J connectivity index is 0.939. The summed E-state index contributed by atoms with van der Waals surface area (Å²) in [4.78, 5) is 59.7. The van der Waals surface area contributed by atoms with E-state index in [1.165, 1.54) is 35.5 Å². The number of piperazine rings is 1. The Bertz CT molecular complexity index is 2460. The Hall–Kier alpha value is -6.10. The van der Waals surface area contributed by atoms with Crippen LogP contribution in [-0.4, -0.2) is 84.7 Å². The van der Waals surface area contributed by atoms with E-state index in [-0.39, 0.29) is 30.3 Å². The van der Waals surface area contributed by atoms with Crippen molar-refractivity contribution in [1.29, 1.82) is 0 Å². The van der Waals surface area contributed by atoms with E-state index in [1.807, 2.05) is 4.90 Å². The number of aryl methyl sites for hydroxylation is 1. The average Bonchev–Trinajstić information content (AvgIpc) is 3.72. The molecule has 1 unspecified atom stereocenters. The zero-order chi connectivity index (χ0) is 37.4. The Kier molecular flexibility index (Phi) is 7.99. The Morgan fingerprint density at radius 3 is 2.52 bits per heavy atom. The summed E-state index contributed by atoms with van der Waals surface area (Å²) in [6.07, 6.45) is 1.71. The molecule has 2 aromatic heterocycles. The van der Waals surface area contributed by atoms with Crippen molar-refractivity contribution < 1.29 is 27.6 Å². The summed E-state index contributed by atoms with van der Waals surface area (Å²) in [5, 5.41) is 17.4. The number of halogens is 3. The molecule has 3 amide bonds. The molecule has 3 N–H and O–H groups in total. The molecule has 0 spiro atoms. The van der Waals surface area contributed by atoms with Crippen LogP contribution in [0.1, 0.15) is 63.4 Å². The van der Waals surface area contributed by atoms with Gasteiger partial charge in [-0.1, -0.05) is 12.1 Å². The normalized spacial score (nSPS) is 21.4. The lowest BCUT2D eigenvalue weighted by molar-refractivity contribution is -0.136. The van der Waals surface area contributed by atoms with Gasteiger partial charge in [-0.25, -0.2) is 23.3 Å². The number of anilines is 2. The second-order valence-corrected chi connectivity index (χ2v) is 14.1. The summed E-state index contributed by atoms with van der Waals surface area (Å²) < 4.78 is 47.4. The fourth-order valence-electron chi connectivity index (χ4n) is 8.35. The minimum absolute atomic E-state index is 0.0492. The number of fused-ring (bicyclic) bond motifs is 1. The van der Waals surface area contributed by atoms with Crippen LogP contribution in [0.25, 0.3) is 10.8 Å². The van der Waals surface area contributed by atoms with Gasteiger partial charge in [-0.05, 0) is 53.4 Å². The van der Waals surface area contributed by atoms with Gasteiger partial charge >= 0.3 is 0 Å². The average molecular weight is 739 g/mol. The van der Waals surface area contributed by atoms with Crippen molar-refractivity contribution in [3.8, 4) is 0 Å². The lowest BCUT2D eigenvalue weighted by Gasteiger charge is -2.37. The largest absolute Gasteiger partial charge is 0.376 e. The highest BCUT2D eigenvalue weighted by atomic mass is 19.1. The number of aromatic amines is 1. The highest BCUT2D eigenvalue weighted by molar-refractivity contribution is 6.05. The SMILES string of the molecule is Cn1ncnc1[C@H]1c2n[nH]c(=O)c3cc(F)cc(c23)N[C@@H]1c1ccc(F)c(N2CCN(Cc3cc(F)c4c(c3)CN(C3CCC(=O)NC3=O)C4=O)CC2)c1. The number of H-pyrrole nitrogens is 1. The van der Waals surface area contributed by atoms with Crippen LogP contribution in [0.3, 0.4) is 0 Å². The number of imide groups is 1. The quantitative estimate of drug-likeness (QED) is 0.221. The number of hydrogen-bond acceptors (Lipinski definition) is 10. The van der Waals surface area contributed by atoms with Crippen LogP contribution in [0.5, 0.6) is 0 Å². The summed E-state index contributed by atoms with van der Waals surface area (Å²) in [5.74, 6) is -3.21. The molecular weight excluding hydrogens is 705 g/mol. The number of carbonyl (C=O) groups is 3. The third-order valence-corrected chi connectivity index (χ3v) is 10.9. The number of carbonyl (C=O) groups excluding carboxylic acids is 3. The molecule has 14 nitrogen and oxygen atoms in total. The fourth-order valence-corrected chi connectivity index (χ4v) is 8.35. The number of rotatable bonds is 6. The van der Waals surface area contributed by atoms with Crippen LogP contribution in [0, 0.1) is 17.5 Å². The number of aromatic nitrogens is 5. The van der Waals surface area contributed by atoms with Crippen molar-refractivity contribution in [3.05, 3.63) is 110 Å². The van der Waals surface area contributed by atoms with Gasteiger partial charge < -0.3 is 15.1 Å². The number of hydrogen-bond donors (Lipinski definition) is 3. The van der Waals surface area contributed by atoms with Gasteiger partial charge in [0.2, 0.25) is 11.8 Å². The second kappa shape index (κ2) is 12.8. The number of amides is 3. The van der Waals surface area contributed by atoms with Crippen molar-refractivity contribution in [2.75, 3.05) is 36.4 Å². The van der Waals surface area contributed by atoms with E-state index >= 15 is 8.78 Å². The first-order valence-corrected chi connectivity index (χ1v) is 17.6. The van der Waals surface area contributed by atoms with Crippen LogP contribution in [-0.2, 0) is 29.7 Å². The molecule has 276 valence electrons. The molecule has 4 aliphatic rings. The van der Waals surface area contributed by atoms with Gasteiger partial charge in [0.15, 0.2) is 0 Å². The Morgan fingerprint density at radius 2 is 1.76 bits per heavy atom. The first kappa shape index (κ1) is 33.7. The standard InChI is InChI=1S/C37H33F3N10O4/c1-47-34(41-17-42-47)31-32(43-25-14-21(38)13-22-30(25)33(31)45-46-35(22)52)19-2-3-23(39)27(12-19)49-8-6-48(7-9-49)15-18-10-20-16-50(37(54)29(20)24(40)11-18)26-4-5-28(51)44-36(26)53/h2-3,10-14,17,26,31-32,43H,4-9,15-16H2,1H3,(H,46,52)(H,44,51,53)/t26?,31-,32-/m1/s1. The van der Waals surface area contributed by atoms with E-state index in [0.717, 1.165) is 0 Å². The maximum atomic E-state index is 15.6. The van der Waals surface area contributed by atoms with E-state index in [2.05, 4.69) is 35.8 Å². The van der Waals surface area contributed by atoms with E-state index in [1.54, 1.807) is 29.9 Å². The zero-order valence-corrected chi connectivity index (χ0v) is 28.9. The molecule has 2 fully saturated rings. The van der Waals surface area contributed by atoms with Crippen LogP contribution >= 0.6 is 0 Å². The van der Waals surface area contributed by atoms with E-state index in [0.29, 0.717) is 77.7 Å². The summed E-state index contributed by atoms with van der Waals surface area (Å²) >= 11 is 0. The molecule has 17 heteroatoms. The van der Waals surface area contributed by atoms with Crippen LogP contribution in [0.15, 0.2) is 53.6 Å². The summed E-state index contributed by atoms with van der Waals surface area (Å²) in [6.45, 7) is 2.49. The molecular formula is C37H33F3N10O4.